The van der Waals surface area contributed by atoms with E-state index in [-0.39, 0.29) is 40.1 Å². The second-order valence-electron chi connectivity index (χ2n) is 11.0. The summed E-state index contributed by atoms with van der Waals surface area (Å²) in [6.45, 7) is 12.3. The molecule has 0 aromatic heterocycles. The molecular formula is C29H37F2N3O4S2. The smallest absolute Gasteiger partial charge is 0.224 e. The lowest BCUT2D eigenvalue weighted by Gasteiger charge is -2.44. The highest BCUT2D eigenvalue weighted by atomic mass is 32.2. The summed E-state index contributed by atoms with van der Waals surface area (Å²) in [6.07, 6.45) is 3.84. The van der Waals surface area contributed by atoms with Crippen molar-refractivity contribution in [2.75, 3.05) is 26.4 Å². The van der Waals surface area contributed by atoms with Gasteiger partial charge < -0.3 is 0 Å². The van der Waals surface area contributed by atoms with Crippen LogP contribution < -0.4 is 0 Å². The van der Waals surface area contributed by atoms with Crippen LogP contribution in [0, 0.1) is 28.4 Å². The molecule has 2 aromatic carbocycles. The number of nitrogens with zero attached hydrogens (tertiary/aromatic N) is 3. The number of sulfone groups is 1. The van der Waals surface area contributed by atoms with E-state index in [9.17, 15) is 25.6 Å². The van der Waals surface area contributed by atoms with Gasteiger partial charge in [-0.2, -0.15) is 14.5 Å². The van der Waals surface area contributed by atoms with Gasteiger partial charge in [-0.3, -0.25) is 0 Å². The molecule has 2 atom stereocenters. The number of azo groups is 1. The number of hydrogen-bond donors (Lipinski definition) is 0. The lowest BCUT2D eigenvalue weighted by molar-refractivity contribution is 0.0802. The van der Waals surface area contributed by atoms with Gasteiger partial charge in [0.2, 0.25) is 10.0 Å². The molecule has 11 heteroatoms. The SMILES string of the molecule is C=C(/C=C(\N=N/C)c1c(F)cccc1F)C1CCC(C)(CN(CC)S(=O)(=O)c2ccccc2S(C)(=O)=O)C1(C)C. The van der Waals surface area contributed by atoms with E-state index in [0.717, 1.165) is 18.4 Å². The molecule has 1 aliphatic rings. The zero-order valence-electron chi connectivity index (χ0n) is 23.8. The Labute approximate surface area is 236 Å². The summed E-state index contributed by atoms with van der Waals surface area (Å²) in [5, 5.41) is 7.71. The second-order valence-corrected chi connectivity index (χ2v) is 14.9. The van der Waals surface area contributed by atoms with E-state index in [1.54, 1.807) is 13.0 Å². The Kier molecular flexibility index (Phi) is 9.23. The molecule has 1 fully saturated rings. The minimum absolute atomic E-state index is 0.0163. The topological polar surface area (TPSA) is 96.2 Å². The quantitative estimate of drug-likeness (QED) is 0.232. The van der Waals surface area contributed by atoms with Crippen LogP contribution >= 0.6 is 0 Å². The van der Waals surface area contributed by atoms with Gasteiger partial charge in [0.05, 0.1) is 16.2 Å². The Morgan fingerprint density at radius 2 is 1.62 bits per heavy atom. The maximum Gasteiger partial charge on any atom is 0.244 e. The molecule has 0 saturated heterocycles. The number of halogens is 2. The van der Waals surface area contributed by atoms with Crippen molar-refractivity contribution in [3.63, 3.8) is 0 Å². The molecule has 40 heavy (non-hydrogen) atoms. The predicted molar refractivity (Wildman–Crippen MR) is 153 cm³/mol. The summed E-state index contributed by atoms with van der Waals surface area (Å²) in [5.41, 5.74) is -0.703. The molecule has 0 N–H and O–H groups in total. The largest absolute Gasteiger partial charge is 0.244 e. The third-order valence-electron chi connectivity index (χ3n) is 8.35. The highest BCUT2D eigenvalue weighted by molar-refractivity contribution is 7.93. The maximum absolute atomic E-state index is 14.6. The third-order valence-corrected chi connectivity index (χ3v) is 11.6. The molecule has 0 aliphatic heterocycles. The fraction of sp³-hybridized carbons (Fsp3) is 0.448. The van der Waals surface area contributed by atoms with Crippen molar-refractivity contribution in [2.24, 2.45) is 27.0 Å². The van der Waals surface area contributed by atoms with Gasteiger partial charge in [-0.05, 0) is 65.5 Å². The van der Waals surface area contributed by atoms with Crippen molar-refractivity contribution in [3.05, 3.63) is 77.9 Å². The summed E-state index contributed by atoms with van der Waals surface area (Å²) in [6, 6.07) is 9.20. The highest BCUT2D eigenvalue weighted by Crippen LogP contribution is 2.58. The minimum Gasteiger partial charge on any atom is -0.224 e. The fourth-order valence-electron chi connectivity index (χ4n) is 5.64. The second kappa shape index (κ2) is 11.6. The molecule has 3 rings (SSSR count). The van der Waals surface area contributed by atoms with Crippen LogP contribution in [0.3, 0.4) is 0 Å². The van der Waals surface area contributed by atoms with Gasteiger partial charge >= 0.3 is 0 Å². The number of benzene rings is 2. The zero-order valence-corrected chi connectivity index (χ0v) is 25.4. The Bertz CT molecular complexity index is 1550. The van der Waals surface area contributed by atoms with Crippen molar-refractivity contribution < 1.29 is 25.6 Å². The molecule has 1 saturated carbocycles. The maximum atomic E-state index is 14.6. The summed E-state index contributed by atoms with van der Waals surface area (Å²) in [5.74, 6) is -1.68. The van der Waals surface area contributed by atoms with Crippen molar-refractivity contribution in [3.8, 4) is 0 Å². The third kappa shape index (κ3) is 5.96. The van der Waals surface area contributed by atoms with Crippen LogP contribution in [-0.2, 0) is 19.9 Å². The molecule has 218 valence electrons. The van der Waals surface area contributed by atoms with E-state index in [4.69, 9.17) is 0 Å². The molecular weight excluding hydrogens is 556 g/mol. The molecule has 0 heterocycles. The Hall–Kier alpha value is -2.76. The molecule has 7 nitrogen and oxygen atoms in total. The zero-order chi connectivity index (χ0) is 30.1. The van der Waals surface area contributed by atoms with Crippen molar-refractivity contribution in [1.29, 1.82) is 0 Å². The van der Waals surface area contributed by atoms with E-state index in [2.05, 4.69) is 16.8 Å². The molecule has 0 amide bonds. The van der Waals surface area contributed by atoms with Crippen molar-refractivity contribution >= 4 is 25.6 Å². The average Bonchev–Trinajstić information content (AvgIpc) is 3.10. The van der Waals surface area contributed by atoms with E-state index in [1.165, 1.54) is 41.7 Å². The lowest BCUT2D eigenvalue weighted by Crippen LogP contribution is -2.46. The van der Waals surface area contributed by atoms with E-state index in [1.807, 2.05) is 20.8 Å². The minimum atomic E-state index is -4.14. The molecule has 2 aromatic rings. The van der Waals surface area contributed by atoms with Gasteiger partial charge in [0, 0.05) is 26.4 Å². The van der Waals surface area contributed by atoms with Crippen LogP contribution in [0.4, 0.5) is 8.78 Å². The Balaban J connectivity index is 1.98. The summed E-state index contributed by atoms with van der Waals surface area (Å²) >= 11 is 0. The Morgan fingerprint density at radius 1 is 1.05 bits per heavy atom. The van der Waals surface area contributed by atoms with Crippen LogP contribution in [0.1, 0.15) is 46.1 Å². The molecule has 0 spiro atoms. The Morgan fingerprint density at radius 3 is 2.15 bits per heavy atom. The van der Waals surface area contributed by atoms with Crippen LogP contribution in [0.5, 0.6) is 0 Å². The van der Waals surface area contributed by atoms with Crippen LogP contribution in [-0.4, -0.2) is 47.5 Å². The first-order chi connectivity index (χ1) is 18.5. The molecule has 1 aliphatic carbocycles. The number of hydrogen-bond acceptors (Lipinski definition) is 6. The van der Waals surface area contributed by atoms with Gasteiger partial charge in [-0.15, -0.1) is 0 Å². The molecule has 0 radical (unpaired) electrons. The van der Waals surface area contributed by atoms with Gasteiger partial charge in [-0.25, -0.2) is 25.6 Å². The lowest BCUT2D eigenvalue weighted by atomic mass is 9.64. The fourth-order valence-corrected chi connectivity index (χ4v) is 8.82. The molecule has 2 unspecified atom stereocenters. The van der Waals surface area contributed by atoms with Crippen LogP contribution in [0.15, 0.2) is 80.7 Å². The first-order valence-electron chi connectivity index (χ1n) is 12.9. The first kappa shape index (κ1) is 31.8. The predicted octanol–water partition coefficient (Wildman–Crippen LogP) is 6.50. The van der Waals surface area contributed by atoms with Crippen LogP contribution in [0.25, 0.3) is 5.70 Å². The van der Waals surface area contributed by atoms with Gasteiger partial charge in [0.25, 0.3) is 0 Å². The van der Waals surface area contributed by atoms with Crippen molar-refractivity contribution in [2.45, 2.75) is 50.3 Å². The monoisotopic (exact) mass is 593 g/mol. The summed E-state index contributed by atoms with van der Waals surface area (Å²) in [4.78, 5) is -0.484. The van der Waals surface area contributed by atoms with Gasteiger partial charge in [-0.1, -0.05) is 52.5 Å². The van der Waals surface area contributed by atoms with Crippen LogP contribution in [0.2, 0.25) is 0 Å². The van der Waals surface area contributed by atoms with Crippen molar-refractivity contribution in [1.82, 2.24) is 4.31 Å². The highest BCUT2D eigenvalue weighted by Gasteiger charge is 2.53. The number of allylic oxidation sites excluding steroid dienone is 2. The van der Waals surface area contributed by atoms with E-state index in [0.29, 0.717) is 18.4 Å². The first-order valence-corrected chi connectivity index (χ1v) is 16.3. The average molecular weight is 594 g/mol. The van der Waals surface area contributed by atoms with E-state index < -0.39 is 42.3 Å². The summed E-state index contributed by atoms with van der Waals surface area (Å²) in [7, 11) is -6.51. The molecule has 0 bridgehead atoms. The summed E-state index contributed by atoms with van der Waals surface area (Å²) < 4.78 is 82.7. The van der Waals surface area contributed by atoms with Gasteiger partial charge in [0.15, 0.2) is 9.84 Å². The standard InChI is InChI=1S/C29H37F2N3O4S2/c1-8-34(40(37,38)26-15-10-9-14-25(26)39(7,35)36)19-29(5)17-16-21(28(29,3)4)20(2)18-24(33-32-6)27-22(30)12-11-13-23(27)31/h9-15,18,21H,2,8,16-17,19H2,1,3-7H3/b24-18-,33-32-. The van der Waals surface area contributed by atoms with Gasteiger partial charge in [0.1, 0.15) is 16.5 Å². The van der Waals surface area contributed by atoms with E-state index >= 15 is 0 Å². The normalized spacial score (nSPS) is 21.8. The number of rotatable bonds is 10. The number of sulfonamides is 1.